The Morgan fingerprint density at radius 2 is 1.86 bits per heavy atom. The van der Waals surface area contributed by atoms with Crippen LogP contribution in [0.15, 0.2) is 41.3 Å². The molecule has 2 aromatic carbocycles. The zero-order valence-corrected chi connectivity index (χ0v) is 21.6. The van der Waals surface area contributed by atoms with Crippen molar-refractivity contribution in [2.45, 2.75) is 27.7 Å². The topological polar surface area (TPSA) is 79.3 Å². The van der Waals surface area contributed by atoms with Crippen LogP contribution >= 0.6 is 34.5 Å². The molecule has 0 aliphatic rings. The van der Waals surface area contributed by atoms with Crippen LogP contribution in [0.1, 0.15) is 49.2 Å². The van der Waals surface area contributed by atoms with Gasteiger partial charge in [-0.1, -0.05) is 41.1 Å². The molecule has 0 aliphatic carbocycles. The highest BCUT2D eigenvalue weighted by Crippen LogP contribution is 2.31. The third-order valence-corrected chi connectivity index (χ3v) is 5.99. The summed E-state index contributed by atoms with van der Waals surface area (Å²) in [4.78, 5) is 28.1. The molecule has 0 radical (unpaired) electrons. The number of carbonyl (C=O) groups excluding carboxylic acids is 1. The van der Waals surface area contributed by atoms with E-state index < -0.39 is 17.7 Å². The van der Waals surface area contributed by atoms with Crippen LogP contribution in [0, 0.1) is 23.1 Å². The maximum atomic E-state index is 15.0. The maximum absolute atomic E-state index is 15.0. The smallest absolute Gasteiger partial charge is 0.331 e. The molecule has 0 aliphatic heterocycles. The number of rotatable bonds is 5. The Morgan fingerprint density at radius 3 is 2.46 bits per heavy atom. The molecule has 1 aromatic heterocycles. The highest BCUT2D eigenvalue weighted by atomic mass is 35.5. The highest BCUT2D eigenvalue weighted by Gasteiger charge is 2.17. The number of carboxylic acids is 1. The maximum Gasteiger partial charge on any atom is 0.331 e. The molecule has 0 saturated heterocycles. The van der Waals surface area contributed by atoms with E-state index in [1.807, 2.05) is 20.8 Å². The molecule has 5 nitrogen and oxygen atoms in total. The normalized spacial score (nSPS) is 11.6. The molecule has 0 atom stereocenters. The Labute approximate surface area is 216 Å². The average molecular weight is 531 g/mol. The van der Waals surface area contributed by atoms with Crippen molar-refractivity contribution in [2.75, 3.05) is 5.32 Å². The summed E-state index contributed by atoms with van der Waals surface area (Å²) in [5.74, 6) is 3.78. The molecule has 1 heterocycles. The van der Waals surface area contributed by atoms with Crippen LogP contribution in [0.3, 0.4) is 0 Å². The van der Waals surface area contributed by atoms with E-state index in [0.29, 0.717) is 11.3 Å². The summed E-state index contributed by atoms with van der Waals surface area (Å²) in [5, 5.41) is 13.8. The number of nitrogens with one attached hydrogen (secondary N) is 1. The van der Waals surface area contributed by atoms with Gasteiger partial charge in [0.1, 0.15) is 5.82 Å². The lowest BCUT2D eigenvalue weighted by atomic mass is 9.97. The van der Waals surface area contributed by atoms with E-state index in [4.69, 9.17) is 28.3 Å². The van der Waals surface area contributed by atoms with Crippen molar-refractivity contribution in [3.05, 3.63) is 73.8 Å². The van der Waals surface area contributed by atoms with Gasteiger partial charge in [0.25, 0.3) is 5.91 Å². The number of hydrogen-bond donors (Lipinski definition) is 2. The average Bonchev–Trinajstić information content (AvgIpc) is 3.22. The molecule has 0 fully saturated rings. The monoisotopic (exact) mass is 530 g/mol. The van der Waals surface area contributed by atoms with Crippen LogP contribution < -0.4 is 5.32 Å². The Bertz CT molecular complexity index is 1390. The second kappa shape index (κ2) is 10.6. The lowest BCUT2D eigenvalue weighted by molar-refractivity contribution is -0.132. The number of anilines is 1. The first kappa shape index (κ1) is 26.4. The van der Waals surface area contributed by atoms with E-state index in [9.17, 15) is 9.59 Å². The third-order valence-electron chi connectivity index (χ3n) is 4.61. The Hall–Kier alpha value is -3.18. The van der Waals surface area contributed by atoms with Gasteiger partial charge in [-0.2, -0.15) is 0 Å². The van der Waals surface area contributed by atoms with Gasteiger partial charge >= 0.3 is 5.97 Å². The van der Waals surface area contributed by atoms with Crippen molar-refractivity contribution in [2.24, 2.45) is 5.41 Å². The van der Waals surface area contributed by atoms with Gasteiger partial charge in [-0.05, 0) is 58.0 Å². The van der Waals surface area contributed by atoms with Crippen molar-refractivity contribution in [3.63, 3.8) is 0 Å². The molecule has 35 heavy (non-hydrogen) atoms. The fraction of sp³-hybridized carbons (Fsp3) is 0.192. The largest absolute Gasteiger partial charge is 0.478 e. The summed E-state index contributed by atoms with van der Waals surface area (Å²) in [5.41, 5.74) is 1.14. The number of aromatic nitrogens is 1. The number of carboxylic acid groups (broad SMARTS) is 1. The lowest BCUT2D eigenvalue weighted by Gasteiger charge is -2.08. The molecule has 3 rings (SSSR count). The summed E-state index contributed by atoms with van der Waals surface area (Å²) in [6.07, 6.45) is 1.33. The highest BCUT2D eigenvalue weighted by molar-refractivity contribution is 7.14. The van der Waals surface area contributed by atoms with Gasteiger partial charge in [-0.25, -0.2) is 14.2 Å². The molecule has 1 amide bonds. The Morgan fingerprint density at radius 1 is 1.20 bits per heavy atom. The van der Waals surface area contributed by atoms with Crippen LogP contribution in [0.25, 0.3) is 17.3 Å². The second-order valence-electron chi connectivity index (χ2n) is 8.65. The zero-order valence-electron chi connectivity index (χ0n) is 19.3. The van der Waals surface area contributed by atoms with Gasteiger partial charge in [0, 0.05) is 33.1 Å². The van der Waals surface area contributed by atoms with Gasteiger partial charge in [-0.3, -0.25) is 10.1 Å². The summed E-state index contributed by atoms with van der Waals surface area (Å²) in [6, 6.07) is 7.68. The molecule has 3 aromatic rings. The number of thiazole rings is 1. The van der Waals surface area contributed by atoms with Gasteiger partial charge in [0.05, 0.1) is 21.3 Å². The van der Waals surface area contributed by atoms with Crippen molar-refractivity contribution in [3.8, 4) is 23.1 Å². The quantitative estimate of drug-likeness (QED) is 0.266. The summed E-state index contributed by atoms with van der Waals surface area (Å²) in [6.45, 7) is 7.24. The van der Waals surface area contributed by atoms with Crippen molar-refractivity contribution in [1.82, 2.24) is 4.98 Å². The van der Waals surface area contributed by atoms with Crippen LogP contribution in [0.2, 0.25) is 10.0 Å². The molecular formula is C26H21Cl2FN2O3S. The zero-order chi connectivity index (χ0) is 25.9. The molecule has 2 N–H and O–H groups in total. The number of hydrogen-bond acceptors (Lipinski definition) is 4. The Kier molecular flexibility index (Phi) is 8.01. The second-order valence-corrected chi connectivity index (χ2v) is 10.3. The van der Waals surface area contributed by atoms with Crippen molar-refractivity contribution < 1.29 is 19.1 Å². The molecular weight excluding hydrogens is 510 g/mol. The van der Waals surface area contributed by atoms with Crippen LogP contribution in [0.5, 0.6) is 0 Å². The summed E-state index contributed by atoms with van der Waals surface area (Å²) >= 11 is 13.6. The molecule has 0 saturated carbocycles. The minimum absolute atomic E-state index is 0.0435. The summed E-state index contributed by atoms with van der Waals surface area (Å²) < 4.78 is 15.0. The molecule has 0 unspecified atom stereocenters. The first-order chi connectivity index (χ1) is 16.4. The van der Waals surface area contributed by atoms with Crippen LogP contribution in [-0.4, -0.2) is 22.0 Å². The van der Waals surface area contributed by atoms with E-state index in [-0.39, 0.29) is 42.9 Å². The number of carbonyl (C=O) groups is 2. The molecule has 9 heteroatoms. The van der Waals surface area contributed by atoms with E-state index in [0.717, 1.165) is 11.3 Å². The SMILES string of the molecule is CC(=Cc1c(Cl)cc(C(=O)Nc2nc(-c3cccc(C#CC(C)(C)C)c3F)cs2)cc1Cl)C(=O)O. The van der Waals surface area contributed by atoms with E-state index in [2.05, 4.69) is 22.1 Å². The number of benzene rings is 2. The van der Waals surface area contributed by atoms with Gasteiger partial charge in [0.15, 0.2) is 5.13 Å². The molecule has 0 bridgehead atoms. The lowest BCUT2D eigenvalue weighted by Crippen LogP contribution is -2.12. The third kappa shape index (κ3) is 6.70. The number of aliphatic carboxylic acids is 1. The van der Waals surface area contributed by atoms with Gasteiger partial charge < -0.3 is 5.11 Å². The minimum atomic E-state index is -1.11. The number of halogens is 3. The van der Waals surface area contributed by atoms with Crippen LogP contribution in [0.4, 0.5) is 9.52 Å². The first-order valence-corrected chi connectivity index (χ1v) is 12.0. The van der Waals surface area contributed by atoms with Gasteiger partial charge in [0.2, 0.25) is 0 Å². The fourth-order valence-corrected chi connectivity index (χ4v) is 4.14. The van der Waals surface area contributed by atoms with Crippen molar-refractivity contribution in [1.29, 1.82) is 0 Å². The van der Waals surface area contributed by atoms with Crippen molar-refractivity contribution >= 4 is 57.6 Å². The Balaban J connectivity index is 1.84. The summed E-state index contributed by atoms with van der Waals surface area (Å²) in [7, 11) is 0. The van der Waals surface area contributed by atoms with E-state index in [1.165, 1.54) is 25.1 Å². The number of amides is 1. The standard InChI is InChI=1S/C26H21Cl2FN2O3S/c1-14(24(33)34)10-18-19(27)11-16(12-20(18)28)23(32)31-25-30-21(13-35-25)17-7-5-6-15(22(17)29)8-9-26(2,3)4/h5-7,10-13H,1-4H3,(H,33,34)(H,30,31,32). The van der Waals surface area contributed by atoms with E-state index >= 15 is 4.39 Å². The predicted molar refractivity (Wildman–Crippen MR) is 140 cm³/mol. The first-order valence-electron chi connectivity index (χ1n) is 10.4. The predicted octanol–water partition coefficient (Wildman–Crippen LogP) is 7.39. The van der Waals surface area contributed by atoms with Gasteiger partial charge in [-0.15, -0.1) is 11.3 Å². The fourth-order valence-electron chi connectivity index (χ4n) is 2.84. The molecule has 180 valence electrons. The minimum Gasteiger partial charge on any atom is -0.478 e. The van der Waals surface area contributed by atoms with E-state index in [1.54, 1.807) is 23.6 Å². The van der Waals surface area contributed by atoms with Crippen LogP contribution in [-0.2, 0) is 4.79 Å². The number of nitrogens with zero attached hydrogens (tertiary/aromatic N) is 1. The molecule has 0 spiro atoms.